The summed E-state index contributed by atoms with van der Waals surface area (Å²) in [4.78, 5) is 0. The van der Waals surface area contributed by atoms with Crippen LogP contribution in [-0.4, -0.2) is 13.6 Å². The fourth-order valence-electron chi connectivity index (χ4n) is 1.77. The second kappa shape index (κ2) is 15.6. The summed E-state index contributed by atoms with van der Waals surface area (Å²) in [6, 6.07) is 0. The first-order chi connectivity index (χ1) is 8.90. The van der Waals surface area contributed by atoms with E-state index in [2.05, 4.69) is 39.6 Å². The molecule has 0 heterocycles. The quantitative estimate of drug-likeness (QED) is 0.564. The summed E-state index contributed by atoms with van der Waals surface area (Å²) in [5, 5.41) is 3.12. The SMILES string of the molecule is C=C(N)CCCCCC(C)C.CNCCCC(C)C. The van der Waals surface area contributed by atoms with E-state index >= 15 is 0 Å². The van der Waals surface area contributed by atoms with Gasteiger partial charge in [-0.1, -0.05) is 53.5 Å². The normalized spacial score (nSPS) is 10.5. The number of hydrogen-bond acceptors (Lipinski definition) is 2. The Morgan fingerprint density at radius 1 is 0.947 bits per heavy atom. The Bertz CT molecular complexity index is 186. The predicted molar refractivity (Wildman–Crippen MR) is 89.2 cm³/mol. The Hall–Kier alpha value is -0.500. The first-order valence-corrected chi connectivity index (χ1v) is 7.98. The van der Waals surface area contributed by atoms with Crippen molar-refractivity contribution in [3.8, 4) is 0 Å². The van der Waals surface area contributed by atoms with Gasteiger partial charge in [-0.3, -0.25) is 0 Å². The molecule has 0 aromatic rings. The fourth-order valence-corrected chi connectivity index (χ4v) is 1.77. The van der Waals surface area contributed by atoms with Gasteiger partial charge < -0.3 is 11.1 Å². The summed E-state index contributed by atoms with van der Waals surface area (Å²) in [6.07, 6.45) is 8.85. The second-order valence-electron chi connectivity index (χ2n) is 6.29. The Morgan fingerprint density at radius 3 is 1.89 bits per heavy atom. The van der Waals surface area contributed by atoms with Gasteiger partial charge in [0.1, 0.15) is 0 Å². The van der Waals surface area contributed by atoms with Crippen molar-refractivity contribution in [1.29, 1.82) is 0 Å². The monoisotopic (exact) mass is 270 g/mol. The maximum Gasteiger partial charge on any atom is 0.000744 e. The van der Waals surface area contributed by atoms with Crippen LogP contribution >= 0.6 is 0 Å². The van der Waals surface area contributed by atoms with Crippen LogP contribution in [0.1, 0.15) is 72.6 Å². The molecule has 0 saturated heterocycles. The van der Waals surface area contributed by atoms with Crippen molar-refractivity contribution in [3.05, 3.63) is 12.3 Å². The maximum atomic E-state index is 5.44. The lowest BCUT2D eigenvalue weighted by Gasteiger charge is -2.03. The Kier molecular flexibility index (Phi) is 17.0. The highest BCUT2D eigenvalue weighted by Crippen LogP contribution is 2.10. The zero-order chi connectivity index (χ0) is 15.1. The van der Waals surface area contributed by atoms with Crippen molar-refractivity contribution in [3.63, 3.8) is 0 Å². The van der Waals surface area contributed by atoms with Crippen LogP contribution in [0.15, 0.2) is 12.3 Å². The zero-order valence-corrected chi connectivity index (χ0v) is 14.1. The number of unbranched alkanes of at least 4 members (excludes halogenated alkanes) is 2. The van der Waals surface area contributed by atoms with E-state index in [-0.39, 0.29) is 0 Å². The molecule has 0 spiro atoms. The van der Waals surface area contributed by atoms with E-state index in [4.69, 9.17) is 5.73 Å². The lowest BCUT2D eigenvalue weighted by atomic mass is 10.0. The molecule has 0 radical (unpaired) electrons. The highest BCUT2D eigenvalue weighted by Gasteiger charge is 1.94. The topological polar surface area (TPSA) is 38.0 Å². The fraction of sp³-hybridized carbons (Fsp3) is 0.882. The Morgan fingerprint density at radius 2 is 1.47 bits per heavy atom. The van der Waals surface area contributed by atoms with Crippen LogP contribution in [-0.2, 0) is 0 Å². The van der Waals surface area contributed by atoms with Gasteiger partial charge >= 0.3 is 0 Å². The van der Waals surface area contributed by atoms with E-state index in [0.29, 0.717) is 0 Å². The molecular weight excluding hydrogens is 232 g/mol. The molecular formula is C17H38N2. The average molecular weight is 271 g/mol. The molecule has 0 saturated carbocycles. The largest absolute Gasteiger partial charge is 0.403 e. The lowest BCUT2D eigenvalue weighted by Crippen LogP contribution is -2.08. The molecule has 0 amide bonds. The Balaban J connectivity index is 0. The minimum atomic E-state index is 0.828. The first kappa shape index (κ1) is 20.8. The average Bonchev–Trinajstić information content (AvgIpc) is 2.28. The number of nitrogens with two attached hydrogens (primary N) is 1. The molecule has 2 nitrogen and oxygen atoms in total. The van der Waals surface area contributed by atoms with Crippen LogP contribution in [0.3, 0.4) is 0 Å². The molecule has 0 aliphatic heterocycles. The second-order valence-corrected chi connectivity index (χ2v) is 6.29. The van der Waals surface area contributed by atoms with Gasteiger partial charge in [0, 0.05) is 5.70 Å². The van der Waals surface area contributed by atoms with E-state index in [9.17, 15) is 0 Å². The number of rotatable bonds is 10. The summed E-state index contributed by atoms with van der Waals surface area (Å²) >= 11 is 0. The van der Waals surface area contributed by atoms with E-state index in [1.54, 1.807) is 0 Å². The molecule has 2 heteroatoms. The number of hydrogen-bond donors (Lipinski definition) is 2. The molecule has 116 valence electrons. The number of allylic oxidation sites excluding steroid dienone is 1. The van der Waals surface area contributed by atoms with Crippen molar-refractivity contribution in [2.75, 3.05) is 13.6 Å². The maximum absolute atomic E-state index is 5.44. The summed E-state index contributed by atoms with van der Waals surface area (Å²) < 4.78 is 0. The van der Waals surface area contributed by atoms with Gasteiger partial charge in [0.25, 0.3) is 0 Å². The molecule has 0 atom stereocenters. The Labute approximate surface area is 122 Å². The molecule has 0 fully saturated rings. The van der Waals surface area contributed by atoms with Crippen molar-refractivity contribution in [2.45, 2.75) is 72.6 Å². The molecule has 0 aliphatic carbocycles. The minimum absolute atomic E-state index is 0.828. The van der Waals surface area contributed by atoms with Crippen LogP contribution in [0, 0.1) is 11.8 Å². The van der Waals surface area contributed by atoms with E-state index < -0.39 is 0 Å². The molecule has 19 heavy (non-hydrogen) atoms. The lowest BCUT2D eigenvalue weighted by molar-refractivity contribution is 0.526. The number of nitrogens with one attached hydrogen (secondary N) is 1. The van der Waals surface area contributed by atoms with Gasteiger partial charge in [-0.25, -0.2) is 0 Å². The molecule has 0 aliphatic rings. The molecule has 0 aromatic heterocycles. The highest BCUT2D eigenvalue weighted by molar-refractivity contribution is 4.84. The van der Waals surface area contributed by atoms with E-state index in [1.165, 1.54) is 38.5 Å². The molecule has 0 rings (SSSR count). The molecule has 0 bridgehead atoms. The van der Waals surface area contributed by atoms with Crippen molar-refractivity contribution >= 4 is 0 Å². The zero-order valence-electron chi connectivity index (χ0n) is 14.1. The third kappa shape index (κ3) is 26.9. The van der Waals surface area contributed by atoms with Crippen LogP contribution in [0.25, 0.3) is 0 Å². The van der Waals surface area contributed by atoms with Crippen LogP contribution < -0.4 is 11.1 Å². The van der Waals surface area contributed by atoms with E-state index in [0.717, 1.165) is 30.5 Å². The smallest absolute Gasteiger partial charge is 0.000744 e. The van der Waals surface area contributed by atoms with Crippen molar-refractivity contribution in [1.82, 2.24) is 5.32 Å². The van der Waals surface area contributed by atoms with Gasteiger partial charge in [0.2, 0.25) is 0 Å². The summed E-state index contributed by atoms with van der Waals surface area (Å²) in [6.45, 7) is 13.9. The third-order valence-electron chi connectivity index (χ3n) is 2.99. The van der Waals surface area contributed by atoms with Gasteiger partial charge in [-0.2, -0.15) is 0 Å². The van der Waals surface area contributed by atoms with Crippen LogP contribution in [0.4, 0.5) is 0 Å². The summed E-state index contributed by atoms with van der Waals surface area (Å²) in [5.74, 6) is 1.71. The molecule has 0 aromatic carbocycles. The summed E-state index contributed by atoms with van der Waals surface area (Å²) in [7, 11) is 2.00. The minimum Gasteiger partial charge on any atom is -0.403 e. The van der Waals surface area contributed by atoms with Crippen molar-refractivity contribution < 1.29 is 0 Å². The van der Waals surface area contributed by atoms with Gasteiger partial charge in [-0.05, 0) is 51.1 Å². The van der Waals surface area contributed by atoms with Crippen LogP contribution in [0.2, 0.25) is 0 Å². The van der Waals surface area contributed by atoms with Crippen LogP contribution in [0.5, 0.6) is 0 Å². The van der Waals surface area contributed by atoms with E-state index in [1.807, 2.05) is 7.05 Å². The predicted octanol–water partition coefficient (Wildman–Crippen LogP) is 4.71. The standard InChI is InChI=1S/C10H21N.C7H17N/c1-9(2)7-5-4-6-8-10(3)11;1-7(2)5-4-6-8-3/h9H,3-8,11H2,1-2H3;7-8H,4-6H2,1-3H3. The van der Waals surface area contributed by atoms with Gasteiger partial charge in [0.15, 0.2) is 0 Å². The third-order valence-corrected chi connectivity index (χ3v) is 2.99. The molecule has 3 N–H and O–H groups in total. The first-order valence-electron chi connectivity index (χ1n) is 7.98. The van der Waals surface area contributed by atoms with Crippen molar-refractivity contribution in [2.24, 2.45) is 17.6 Å². The van der Waals surface area contributed by atoms with Gasteiger partial charge in [0.05, 0.1) is 0 Å². The molecule has 0 unspecified atom stereocenters. The van der Waals surface area contributed by atoms with Gasteiger partial charge in [-0.15, -0.1) is 0 Å². The summed E-state index contributed by atoms with van der Waals surface area (Å²) in [5.41, 5.74) is 6.27. The highest BCUT2D eigenvalue weighted by atomic mass is 14.8.